The van der Waals surface area contributed by atoms with E-state index in [0.29, 0.717) is 23.7 Å². The molecule has 0 N–H and O–H groups in total. The number of ketones is 1. The molecule has 0 saturated carbocycles. The van der Waals surface area contributed by atoms with Crippen LogP contribution in [0.2, 0.25) is 0 Å². The summed E-state index contributed by atoms with van der Waals surface area (Å²) < 4.78 is 12.0. The normalized spacial score (nSPS) is 13.0. The van der Waals surface area contributed by atoms with Crippen molar-refractivity contribution >= 4 is 21.7 Å². The van der Waals surface area contributed by atoms with E-state index in [4.69, 9.17) is 9.47 Å². The minimum Gasteiger partial charge on any atom is -0.489 e. The minimum absolute atomic E-state index is 0.0226. The summed E-state index contributed by atoms with van der Waals surface area (Å²) >= 11 is 3.39. The van der Waals surface area contributed by atoms with Crippen LogP contribution in [0.15, 0.2) is 46.9 Å². The molecule has 1 aliphatic rings. The SMILES string of the molecule is O=C1COc2cc(OCc3ccc(Br)cc3)ccc21. The monoisotopic (exact) mass is 318 g/mol. The fraction of sp³-hybridized carbons (Fsp3) is 0.133. The van der Waals surface area contributed by atoms with E-state index in [1.54, 1.807) is 18.2 Å². The van der Waals surface area contributed by atoms with Crippen LogP contribution in [0.3, 0.4) is 0 Å². The van der Waals surface area contributed by atoms with Gasteiger partial charge < -0.3 is 9.47 Å². The second-order valence-electron chi connectivity index (χ2n) is 4.28. The number of carbonyl (C=O) groups excluding carboxylic acids is 1. The number of hydrogen-bond acceptors (Lipinski definition) is 3. The zero-order valence-corrected chi connectivity index (χ0v) is 11.6. The molecule has 96 valence electrons. The van der Waals surface area contributed by atoms with Crippen molar-refractivity contribution in [3.63, 3.8) is 0 Å². The first kappa shape index (κ1) is 12.2. The molecule has 1 heterocycles. The van der Waals surface area contributed by atoms with Gasteiger partial charge in [-0.2, -0.15) is 0 Å². The van der Waals surface area contributed by atoms with Gasteiger partial charge in [-0.1, -0.05) is 28.1 Å². The van der Waals surface area contributed by atoms with Crippen molar-refractivity contribution < 1.29 is 14.3 Å². The van der Waals surface area contributed by atoms with Crippen molar-refractivity contribution in [3.8, 4) is 11.5 Å². The Balaban J connectivity index is 1.71. The lowest BCUT2D eigenvalue weighted by molar-refractivity contribution is 0.0961. The first-order valence-corrected chi connectivity index (χ1v) is 6.69. The van der Waals surface area contributed by atoms with Crippen LogP contribution in [0, 0.1) is 0 Å². The number of halogens is 1. The molecule has 1 aliphatic heterocycles. The van der Waals surface area contributed by atoms with E-state index < -0.39 is 0 Å². The Labute approximate surface area is 119 Å². The highest BCUT2D eigenvalue weighted by atomic mass is 79.9. The molecule has 0 amide bonds. The second kappa shape index (κ2) is 5.05. The van der Waals surface area contributed by atoms with E-state index in [2.05, 4.69) is 15.9 Å². The van der Waals surface area contributed by atoms with Crippen molar-refractivity contribution in [1.82, 2.24) is 0 Å². The summed E-state index contributed by atoms with van der Waals surface area (Å²) in [5, 5.41) is 0. The molecule has 0 aliphatic carbocycles. The lowest BCUT2D eigenvalue weighted by atomic mass is 10.1. The predicted octanol–water partition coefficient (Wildman–Crippen LogP) is 3.60. The van der Waals surface area contributed by atoms with Crippen molar-refractivity contribution in [3.05, 3.63) is 58.1 Å². The molecule has 19 heavy (non-hydrogen) atoms. The van der Waals surface area contributed by atoms with E-state index in [-0.39, 0.29) is 12.4 Å². The third kappa shape index (κ3) is 2.63. The lowest BCUT2D eigenvalue weighted by Crippen LogP contribution is -1.98. The molecule has 0 fully saturated rings. The van der Waals surface area contributed by atoms with E-state index in [1.165, 1.54) is 0 Å². The van der Waals surface area contributed by atoms with Crippen molar-refractivity contribution in [2.45, 2.75) is 6.61 Å². The Bertz CT molecular complexity index is 620. The molecular weight excluding hydrogens is 308 g/mol. The Morgan fingerprint density at radius 1 is 1.16 bits per heavy atom. The molecule has 0 saturated heterocycles. The van der Waals surface area contributed by atoms with E-state index >= 15 is 0 Å². The largest absolute Gasteiger partial charge is 0.489 e. The molecule has 0 radical (unpaired) electrons. The molecule has 0 bridgehead atoms. The van der Waals surface area contributed by atoms with Gasteiger partial charge in [0.25, 0.3) is 0 Å². The molecule has 0 spiro atoms. The van der Waals surface area contributed by atoms with Gasteiger partial charge in [0.1, 0.15) is 18.1 Å². The van der Waals surface area contributed by atoms with Crippen molar-refractivity contribution in [2.75, 3.05) is 6.61 Å². The Kier molecular flexibility index (Phi) is 3.25. The molecule has 0 atom stereocenters. The first-order valence-electron chi connectivity index (χ1n) is 5.90. The minimum atomic E-state index is 0.0226. The van der Waals surface area contributed by atoms with Gasteiger partial charge in [-0.3, -0.25) is 4.79 Å². The van der Waals surface area contributed by atoms with Gasteiger partial charge in [0.05, 0.1) is 5.56 Å². The third-order valence-corrected chi connectivity index (χ3v) is 3.46. The van der Waals surface area contributed by atoms with Gasteiger partial charge in [-0.05, 0) is 29.8 Å². The summed E-state index contributed by atoms with van der Waals surface area (Å²) in [5.41, 5.74) is 1.72. The van der Waals surface area contributed by atoms with Gasteiger partial charge in [-0.25, -0.2) is 0 Å². The predicted molar refractivity (Wildman–Crippen MR) is 74.7 cm³/mol. The number of benzene rings is 2. The number of Topliss-reactive ketones (excluding diaryl/α,β-unsaturated/α-hetero) is 1. The van der Waals surface area contributed by atoms with Gasteiger partial charge in [0.15, 0.2) is 6.61 Å². The maximum atomic E-state index is 11.4. The topological polar surface area (TPSA) is 35.5 Å². The van der Waals surface area contributed by atoms with Crippen molar-refractivity contribution in [2.24, 2.45) is 0 Å². The highest BCUT2D eigenvalue weighted by Crippen LogP contribution is 2.29. The summed E-state index contributed by atoms with van der Waals surface area (Å²) in [5.74, 6) is 1.34. The molecule has 2 aromatic rings. The second-order valence-corrected chi connectivity index (χ2v) is 5.20. The average molecular weight is 319 g/mol. The molecule has 0 unspecified atom stereocenters. The lowest BCUT2D eigenvalue weighted by Gasteiger charge is -2.07. The summed E-state index contributed by atoms with van der Waals surface area (Å²) in [6.45, 7) is 0.617. The smallest absolute Gasteiger partial charge is 0.203 e. The molecule has 3 nitrogen and oxygen atoms in total. The standard InChI is InChI=1S/C15H11BrO3/c16-11-3-1-10(2-4-11)8-18-12-5-6-13-14(17)9-19-15(13)7-12/h1-7H,8-9H2. The fourth-order valence-corrected chi connectivity index (χ4v) is 2.17. The molecule has 0 aromatic heterocycles. The van der Waals surface area contributed by atoms with Crippen LogP contribution >= 0.6 is 15.9 Å². The van der Waals surface area contributed by atoms with E-state index in [0.717, 1.165) is 10.0 Å². The van der Waals surface area contributed by atoms with Crippen LogP contribution in [0.25, 0.3) is 0 Å². The summed E-state index contributed by atoms with van der Waals surface area (Å²) in [6.07, 6.45) is 0. The quantitative estimate of drug-likeness (QED) is 0.867. The molecular formula is C15H11BrO3. The summed E-state index contributed by atoms with van der Waals surface area (Å²) in [7, 11) is 0. The molecule has 3 rings (SSSR count). The fourth-order valence-electron chi connectivity index (χ4n) is 1.91. The van der Waals surface area contributed by atoms with Crippen molar-refractivity contribution in [1.29, 1.82) is 0 Å². The van der Waals surface area contributed by atoms with Crippen LogP contribution in [-0.4, -0.2) is 12.4 Å². The Morgan fingerprint density at radius 3 is 2.74 bits per heavy atom. The summed E-state index contributed by atoms with van der Waals surface area (Å²) in [6, 6.07) is 13.3. The van der Waals surface area contributed by atoms with Gasteiger partial charge in [-0.15, -0.1) is 0 Å². The highest BCUT2D eigenvalue weighted by molar-refractivity contribution is 9.10. The van der Waals surface area contributed by atoms with Crippen LogP contribution in [0.1, 0.15) is 15.9 Å². The average Bonchev–Trinajstić information content (AvgIpc) is 2.79. The zero-order chi connectivity index (χ0) is 13.2. The van der Waals surface area contributed by atoms with Crippen LogP contribution < -0.4 is 9.47 Å². The van der Waals surface area contributed by atoms with Gasteiger partial charge >= 0.3 is 0 Å². The van der Waals surface area contributed by atoms with Crippen LogP contribution in [-0.2, 0) is 6.61 Å². The highest BCUT2D eigenvalue weighted by Gasteiger charge is 2.21. The number of rotatable bonds is 3. The third-order valence-electron chi connectivity index (χ3n) is 2.93. The van der Waals surface area contributed by atoms with Gasteiger partial charge in [0, 0.05) is 10.5 Å². The number of hydrogen-bond donors (Lipinski definition) is 0. The maximum absolute atomic E-state index is 11.4. The van der Waals surface area contributed by atoms with Crippen LogP contribution in [0.5, 0.6) is 11.5 Å². The van der Waals surface area contributed by atoms with E-state index in [9.17, 15) is 4.79 Å². The number of ether oxygens (including phenoxy) is 2. The first-order chi connectivity index (χ1) is 9.22. The number of fused-ring (bicyclic) bond motifs is 1. The number of carbonyl (C=O) groups is 1. The molecule has 4 heteroatoms. The Hall–Kier alpha value is -1.81. The van der Waals surface area contributed by atoms with Gasteiger partial charge in [0.2, 0.25) is 5.78 Å². The van der Waals surface area contributed by atoms with E-state index in [1.807, 2.05) is 24.3 Å². The zero-order valence-electron chi connectivity index (χ0n) is 10.1. The van der Waals surface area contributed by atoms with Crippen LogP contribution in [0.4, 0.5) is 0 Å². The summed E-state index contributed by atoms with van der Waals surface area (Å²) in [4.78, 5) is 11.4. The maximum Gasteiger partial charge on any atom is 0.203 e. The molecule has 2 aromatic carbocycles. The Morgan fingerprint density at radius 2 is 1.95 bits per heavy atom.